The minimum Gasteiger partial charge on any atom is -0.253 e. The summed E-state index contributed by atoms with van der Waals surface area (Å²) in [4.78, 5) is 2.06. The van der Waals surface area contributed by atoms with Crippen molar-refractivity contribution in [2.75, 3.05) is 0 Å². The molecular formula is C28H26F5NS2. The third kappa shape index (κ3) is 4.57. The van der Waals surface area contributed by atoms with E-state index in [0.29, 0.717) is 16.5 Å². The summed E-state index contributed by atoms with van der Waals surface area (Å²) in [6.07, 6.45) is 1.15. The van der Waals surface area contributed by atoms with Crippen molar-refractivity contribution in [3.05, 3.63) is 71.4 Å². The number of rotatable bonds is 3. The molecule has 0 saturated heterocycles. The molecule has 0 atom stereocenters. The zero-order valence-corrected chi connectivity index (χ0v) is 22.2. The zero-order valence-electron chi connectivity index (χ0n) is 20.6. The van der Waals surface area contributed by atoms with Crippen LogP contribution in [0.2, 0.25) is 0 Å². The van der Waals surface area contributed by atoms with Crippen LogP contribution in [0.15, 0.2) is 59.6 Å². The van der Waals surface area contributed by atoms with Gasteiger partial charge < -0.3 is 0 Å². The Labute approximate surface area is 210 Å². The van der Waals surface area contributed by atoms with Crippen molar-refractivity contribution in [3.8, 4) is 11.3 Å². The molecule has 2 aromatic heterocycles. The molecule has 5 rings (SSSR count). The fraction of sp³-hybridized carbons (Fsp3) is 0.250. The summed E-state index contributed by atoms with van der Waals surface area (Å²) < 4.78 is 71.8. The van der Waals surface area contributed by atoms with E-state index in [1.165, 1.54) is 6.07 Å². The van der Waals surface area contributed by atoms with Gasteiger partial charge in [0.25, 0.3) is 0 Å². The summed E-state index contributed by atoms with van der Waals surface area (Å²) in [5.74, 6) is 0. The topological polar surface area (TPSA) is 12.9 Å². The largest absolute Gasteiger partial charge is 0.312 e. The highest BCUT2D eigenvalue weighted by Gasteiger charge is 2.67. The highest BCUT2D eigenvalue weighted by Crippen LogP contribution is 3.02. The molecular weight excluding hydrogens is 509 g/mol. The van der Waals surface area contributed by atoms with Crippen molar-refractivity contribution < 1.29 is 19.4 Å². The monoisotopic (exact) mass is 535 g/mol. The van der Waals surface area contributed by atoms with Gasteiger partial charge in [0.15, 0.2) is 0 Å². The first-order valence-corrected chi connectivity index (χ1v) is 14.3. The number of hydrogen-bond donors (Lipinski definition) is 0. The average Bonchev–Trinajstić information content (AvgIpc) is 3.09. The lowest BCUT2D eigenvalue weighted by Gasteiger charge is -2.40. The zero-order chi connectivity index (χ0) is 26.3. The fourth-order valence-electron chi connectivity index (χ4n) is 4.92. The Kier molecular flexibility index (Phi) is 4.99. The van der Waals surface area contributed by atoms with Crippen LogP contribution >= 0.6 is 21.6 Å². The number of thiophene rings is 1. The van der Waals surface area contributed by atoms with Gasteiger partial charge in [-0.2, -0.15) is 0 Å². The molecule has 0 spiro atoms. The summed E-state index contributed by atoms with van der Waals surface area (Å²) in [5.41, 5.74) is 3.89. The Balaban J connectivity index is 1.90. The quantitative estimate of drug-likeness (QED) is 0.209. The lowest BCUT2D eigenvalue weighted by Crippen LogP contribution is -2.08. The van der Waals surface area contributed by atoms with Crippen LogP contribution in [0.1, 0.15) is 37.5 Å². The van der Waals surface area contributed by atoms with Crippen LogP contribution in [0.5, 0.6) is 0 Å². The first kappa shape index (κ1) is 25.0. The maximum absolute atomic E-state index is 14.2. The molecule has 0 aliphatic carbocycles. The summed E-state index contributed by atoms with van der Waals surface area (Å²) >= 11 is 1.09. The van der Waals surface area contributed by atoms with Gasteiger partial charge in [-0.3, -0.25) is 4.98 Å². The molecule has 190 valence electrons. The summed E-state index contributed by atoms with van der Waals surface area (Å²) in [7, 11) is -10.0. The van der Waals surface area contributed by atoms with E-state index in [4.69, 9.17) is 0 Å². The Morgan fingerprint density at radius 3 is 2.06 bits per heavy atom. The first-order chi connectivity index (χ1) is 16.4. The minimum atomic E-state index is -10.0. The SMILES string of the molecule is Cc1cc(C)cc(-c2ncc(S(F)(F)(F)(F)F)c3c2sc2c4ccc(CC(C)(C)C)cc4ccc23)c1. The van der Waals surface area contributed by atoms with Crippen LogP contribution in [-0.2, 0) is 6.42 Å². The van der Waals surface area contributed by atoms with Crippen molar-refractivity contribution in [1.82, 2.24) is 4.98 Å². The molecule has 5 aromatic rings. The van der Waals surface area contributed by atoms with Crippen LogP contribution in [-0.4, -0.2) is 4.98 Å². The van der Waals surface area contributed by atoms with Gasteiger partial charge in [0.05, 0.1) is 16.6 Å². The standard InChI is InChI=1S/C28H26F5NS2/c1-16-10-17(2)12-20(11-16)25-27-24(23(15-34-25)36(29,30,31,32)33)22-9-7-19-13-18(14-28(3,4)5)6-8-21(19)26(22)35-27/h6-13,15H,14H2,1-5H3. The van der Waals surface area contributed by atoms with E-state index in [1.54, 1.807) is 6.07 Å². The molecule has 1 nitrogen and oxygen atoms in total. The molecule has 0 unspecified atom stereocenters. The molecule has 0 fully saturated rings. The van der Waals surface area contributed by atoms with Gasteiger partial charge in [-0.25, -0.2) is 0 Å². The molecule has 2 heterocycles. The molecule has 0 aliphatic rings. The number of benzene rings is 3. The van der Waals surface area contributed by atoms with Crippen LogP contribution in [0, 0.1) is 19.3 Å². The number of aromatic nitrogens is 1. The predicted octanol–water partition coefficient (Wildman–Crippen LogP) is 11.1. The maximum atomic E-state index is 14.2. The van der Waals surface area contributed by atoms with Gasteiger partial charge >= 0.3 is 10.2 Å². The van der Waals surface area contributed by atoms with Gasteiger partial charge in [-0.15, -0.1) is 11.3 Å². The molecule has 0 amide bonds. The smallest absolute Gasteiger partial charge is 0.253 e. The van der Waals surface area contributed by atoms with E-state index in [0.717, 1.165) is 45.2 Å². The van der Waals surface area contributed by atoms with Crippen LogP contribution in [0.25, 0.3) is 42.2 Å². The van der Waals surface area contributed by atoms with Crippen molar-refractivity contribution in [3.63, 3.8) is 0 Å². The minimum absolute atomic E-state index is 0.0678. The first-order valence-electron chi connectivity index (χ1n) is 11.5. The molecule has 3 aromatic carbocycles. The lowest BCUT2D eigenvalue weighted by molar-refractivity contribution is 0.365. The molecule has 0 bridgehead atoms. The summed E-state index contributed by atoms with van der Waals surface area (Å²) in [6.45, 7) is 10.2. The van der Waals surface area contributed by atoms with E-state index in [9.17, 15) is 19.4 Å². The van der Waals surface area contributed by atoms with Crippen LogP contribution in [0.4, 0.5) is 19.4 Å². The van der Waals surface area contributed by atoms with Gasteiger partial charge in [0.2, 0.25) is 0 Å². The number of pyridine rings is 1. The number of halogens is 5. The normalized spacial score (nSPS) is 14.9. The predicted molar refractivity (Wildman–Crippen MR) is 144 cm³/mol. The number of nitrogens with zero attached hydrogens (tertiary/aromatic N) is 1. The second-order valence-corrected chi connectivity index (χ2v) is 14.3. The van der Waals surface area contributed by atoms with E-state index < -0.39 is 20.5 Å². The van der Waals surface area contributed by atoms with Crippen LogP contribution < -0.4 is 0 Å². The lowest BCUT2D eigenvalue weighted by atomic mass is 9.87. The Morgan fingerprint density at radius 1 is 0.806 bits per heavy atom. The van der Waals surface area contributed by atoms with Crippen molar-refractivity contribution in [2.24, 2.45) is 5.41 Å². The molecule has 0 N–H and O–H groups in total. The van der Waals surface area contributed by atoms with E-state index >= 15 is 0 Å². The van der Waals surface area contributed by atoms with Crippen molar-refractivity contribution in [1.29, 1.82) is 0 Å². The second-order valence-electron chi connectivity index (χ2n) is 10.9. The number of aryl methyl sites for hydroxylation is 2. The molecule has 8 heteroatoms. The second kappa shape index (κ2) is 7.19. The van der Waals surface area contributed by atoms with Gasteiger partial charge in [0, 0.05) is 21.0 Å². The van der Waals surface area contributed by atoms with Gasteiger partial charge in [-0.1, -0.05) is 87.7 Å². The molecule has 0 saturated carbocycles. The number of hydrogen-bond acceptors (Lipinski definition) is 2. The summed E-state index contributed by atoms with van der Waals surface area (Å²) in [6, 6.07) is 14.7. The Morgan fingerprint density at radius 2 is 1.44 bits per heavy atom. The third-order valence-electron chi connectivity index (χ3n) is 6.15. The molecule has 0 radical (unpaired) electrons. The van der Waals surface area contributed by atoms with Crippen molar-refractivity contribution >= 4 is 52.5 Å². The highest BCUT2D eigenvalue weighted by atomic mass is 32.5. The Hall–Kier alpha value is -2.71. The molecule has 36 heavy (non-hydrogen) atoms. The van der Waals surface area contributed by atoms with E-state index in [-0.39, 0.29) is 21.2 Å². The average molecular weight is 536 g/mol. The molecule has 0 aliphatic heterocycles. The van der Waals surface area contributed by atoms with Crippen molar-refractivity contribution in [2.45, 2.75) is 45.9 Å². The number of fused-ring (bicyclic) bond motifs is 5. The van der Waals surface area contributed by atoms with Crippen LogP contribution in [0.3, 0.4) is 0 Å². The fourth-order valence-corrected chi connectivity index (χ4v) is 7.21. The highest BCUT2D eigenvalue weighted by molar-refractivity contribution is 8.46. The van der Waals surface area contributed by atoms with Gasteiger partial charge in [0.1, 0.15) is 4.90 Å². The summed E-state index contributed by atoms with van der Waals surface area (Å²) in [5, 5.41) is 1.30. The third-order valence-corrected chi connectivity index (χ3v) is 8.54. The van der Waals surface area contributed by atoms with E-state index in [1.807, 2.05) is 50.2 Å². The van der Waals surface area contributed by atoms with Gasteiger partial charge in [-0.05, 0) is 54.2 Å². The Bertz CT molecular complexity index is 1670. The van der Waals surface area contributed by atoms with E-state index in [2.05, 4.69) is 25.8 Å². The maximum Gasteiger partial charge on any atom is 0.312 e.